The molecule has 3 rings (SSSR count). The first kappa shape index (κ1) is 17.4. The van der Waals surface area contributed by atoms with Crippen LogP contribution in [0.1, 0.15) is 18.5 Å². The van der Waals surface area contributed by atoms with Gasteiger partial charge in [-0.25, -0.2) is 0 Å². The van der Waals surface area contributed by atoms with Gasteiger partial charge in [-0.05, 0) is 44.2 Å². The Morgan fingerprint density at radius 3 is 2.80 bits per heavy atom. The van der Waals surface area contributed by atoms with Crippen LogP contribution < -0.4 is 10.2 Å². The Morgan fingerprint density at radius 2 is 2.04 bits per heavy atom. The molecule has 0 unspecified atom stereocenters. The summed E-state index contributed by atoms with van der Waals surface area (Å²) >= 11 is 0. The molecule has 1 N–H and O–H groups in total. The molecule has 1 aromatic carbocycles. The second-order valence-corrected chi connectivity index (χ2v) is 6.59. The zero-order chi connectivity index (χ0) is 17.5. The van der Waals surface area contributed by atoms with E-state index in [2.05, 4.69) is 44.4 Å². The predicted molar refractivity (Wildman–Crippen MR) is 100 cm³/mol. The molecular weight excluding hydrogens is 312 g/mol. The van der Waals surface area contributed by atoms with Gasteiger partial charge in [-0.3, -0.25) is 14.7 Å². The number of carbonyl (C=O) groups excluding carboxylic acids is 1. The summed E-state index contributed by atoms with van der Waals surface area (Å²) in [5.74, 6) is 0.0463. The first-order valence-electron chi connectivity index (χ1n) is 8.89. The zero-order valence-electron chi connectivity index (χ0n) is 14.8. The lowest BCUT2D eigenvalue weighted by Gasteiger charge is -2.38. The van der Waals surface area contributed by atoms with E-state index < -0.39 is 0 Å². The van der Waals surface area contributed by atoms with Gasteiger partial charge >= 0.3 is 0 Å². The molecule has 0 saturated carbocycles. The molecule has 1 saturated heterocycles. The molecular formula is C20H26N4O. The van der Waals surface area contributed by atoms with Crippen molar-refractivity contribution in [1.82, 2.24) is 15.2 Å². The van der Waals surface area contributed by atoms with E-state index in [1.165, 1.54) is 5.69 Å². The Hall–Kier alpha value is -2.40. The number of anilines is 1. The second kappa shape index (κ2) is 8.62. The Kier molecular flexibility index (Phi) is 6.01. The standard InChI is InChI=1S/C20H26N4O/c1-23(16-20(25)22-14-17-8-5-6-12-21-17)19-11-7-13-24(15-19)18-9-3-2-4-10-18/h2-6,8-10,12,19H,7,11,13-16H2,1H3,(H,22,25)/t19-/m1/s1. The van der Waals surface area contributed by atoms with Gasteiger partial charge in [-0.15, -0.1) is 0 Å². The minimum atomic E-state index is 0.0463. The van der Waals surface area contributed by atoms with Crippen molar-refractivity contribution in [1.29, 1.82) is 0 Å². The lowest BCUT2D eigenvalue weighted by Crippen LogP contribution is -2.49. The summed E-state index contributed by atoms with van der Waals surface area (Å²) in [5.41, 5.74) is 2.15. The van der Waals surface area contributed by atoms with E-state index >= 15 is 0 Å². The number of para-hydroxylation sites is 1. The first-order chi connectivity index (χ1) is 12.2. The molecule has 0 radical (unpaired) electrons. The number of hydrogen-bond acceptors (Lipinski definition) is 4. The van der Waals surface area contributed by atoms with Crippen molar-refractivity contribution in [2.45, 2.75) is 25.4 Å². The summed E-state index contributed by atoms with van der Waals surface area (Å²) in [7, 11) is 2.04. The second-order valence-electron chi connectivity index (χ2n) is 6.59. The van der Waals surface area contributed by atoms with Crippen LogP contribution in [0.15, 0.2) is 54.7 Å². The van der Waals surface area contributed by atoms with Crippen molar-refractivity contribution >= 4 is 11.6 Å². The SMILES string of the molecule is CN(CC(=O)NCc1ccccn1)[C@@H]1CCCN(c2ccccc2)C1. The summed E-state index contributed by atoms with van der Waals surface area (Å²) in [6.45, 7) is 2.95. The smallest absolute Gasteiger partial charge is 0.234 e. The largest absolute Gasteiger partial charge is 0.370 e. The highest BCUT2D eigenvalue weighted by Gasteiger charge is 2.24. The fraction of sp³-hybridized carbons (Fsp3) is 0.400. The van der Waals surface area contributed by atoms with Crippen LogP contribution in [0.3, 0.4) is 0 Å². The Morgan fingerprint density at radius 1 is 1.24 bits per heavy atom. The number of benzene rings is 1. The Labute approximate surface area is 149 Å². The van der Waals surface area contributed by atoms with Crippen LogP contribution in [0.4, 0.5) is 5.69 Å². The normalized spacial score (nSPS) is 17.5. The average molecular weight is 338 g/mol. The molecule has 0 spiro atoms. The molecule has 5 nitrogen and oxygen atoms in total. The van der Waals surface area contributed by atoms with Crippen LogP contribution in [0.5, 0.6) is 0 Å². The molecule has 1 aliphatic heterocycles. The Balaban J connectivity index is 1.48. The molecule has 1 aliphatic rings. The van der Waals surface area contributed by atoms with E-state index in [9.17, 15) is 4.79 Å². The maximum absolute atomic E-state index is 12.2. The predicted octanol–water partition coefficient (Wildman–Crippen LogP) is 2.30. The average Bonchev–Trinajstić information content (AvgIpc) is 2.68. The fourth-order valence-electron chi connectivity index (χ4n) is 3.29. The molecule has 2 aromatic rings. The number of likely N-dealkylation sites (N-methyl/N-ethyl adjacent to an activating group) is 1. The minimum absolute atomic E-state index is 0.0463. The molecule has 1 amide bonds. The van der Waals surface area contributed by atoms with Crippen molar-refractivity contribution in [3.05, 3.63) is 60.4 Å². The van der Waals surface area contributed by atoms with E-state index in [1.807, 2.05) is 31.3 Å². The van der Waals surface area contributed by atoms with Gasteiger partial charge in [-0.2, -0.15) is 0 Å². The van der Waals surface area contributed by atoms with Crippen molar-refractivity contribution in [3.8, 4) is 0 Å². The molecule has 1 fully saturated rings. The highest BCUT2D eigenvalue weighted by molar-refractivity contribution is 5.78. The zero-order valence-corrected chi connectivity index (χ0v) is 14.8. The number of carbonyl (C=O) groups is 1. The number of nitrogens with one attached hydrogen (secondary N) is 1. The summed E-state index contributed by atoms with van der Waals surface area (Å²) in [4.78, 5) is 21.0. The number of piperidine rings is 1. The van der Waals surface area contributed by atoms with E-state index in [1.54, 1.807) is 6.20 Å². The number of nitrogens with zero attached hydrogens (tertiary/aromatic N) is 3. The number of rotatable bonds is 6. The number of aromatic nitrogens is 1. The number of amides is 1. The van der Waals surface area contributed by atoms with Crippen LogP contribution >= 0.6 is 0 Å². The lowest BCUT2D eigenvalue weighted by atomic mass is 10.0. The first-order valence-corrected chi connectivity index (χ1v) is 8.89. The maximum Gasteiger partial charge on any atom is 0.234 e. The van der Waals surface area contributed by atoms with E-state index in [0.29, 0.717) is 19.1 Å². The molecule has 1 atom stereocenters. The molecule has 0 bridgehead atoms. The Bertz CT molecular complexity index is 662. The molecule has 25 heavy (non-hydrogen) atoms. The van der Waals surface area contributed by atoms with Gasteiger partial charge in [0.05, 0.1) is 18.8 Å². The molecule has 5 heteroatoms. The highest BCUT2D eigenvalue weighted by atomic mass is 16.2. The van der Waals surface area contributed by atoms with Crippen molar-refractivity contribution in [3.63, 3.8) is 0 Å². The maximum atomic E-state index is 12.2. The lowest BCUT2D eigenvalue weighted by molar-refractivity contribution is -0.122. The topological polar surface area (TPSA) is 48.5 Å². The van der Waals surface area contributed by atoms with Gasteiger partial charge in [0.15, 0.2) is 0 Å². The quantitative estimate of drug-likeness (QED) is 0.878. The van der Waals surface area contributed by atoms with E-state index in [0.717, 1.165) is 31.6 Å². The third kappa shape index (κ3) is 5.03. The monoisotopic (exact) mass is 338 g/mol. The molecule has 132 valence electrons. The van der Waals surface area contributed by atoms with Crippen molar-refractivity contribution < 1.29 is 4.79 Å². The van der Waals surface area contributed by atoms with Gasteiger partial charge in [0.1, 0.15) is 0 Å². The van der Waals surface area contributed by atoms with Gasteiger partial charge < -0.3 is 10.2 Å². The van der Waals surface area contributed by atoms with Crippen LogP contribution in [0.2, 0.25) is 0 Å². The van der Waals surface area contributed by atoms with Gasteiger partial charge in [0.2, 0.25) is 5.91 Å². The van der Waals surface area contributed by atoms with Gasteiger partial charge in [0, 0.05) is 31.0 Å². The fourth-order valence-corrected chi connectivity index (χ4v) is 3.29. The van der Waals surface area contributed by atoms with E-state index in [-0.39, 0.29) is 5.91 Å². The highest BCUT2D eigenvalue weighted by Crippen LogP contribution is 2.21. The van der Waals surface area contributed by atoms with E-state index in [4.69, 9.17) is 0 Å². The van der Waals surface area contributed by atoms with Gasteiger partial charge in [-0.1, -0.05) is 24.3 Å². The van der Waals surface area contributed by atoms with Crippen LogP contribution in [0, 0.1) is 0 Å². The van der Waals surface area contributed by atoms with Gasteiger partial charge in [0.25, 0.3) is 0 Å². The summed E-state index contributed by atoms with van der Waals surface area (Å²) in [5, 5.41) is 2.96. The molecule has 1 aromatic heterocycles. The summed E-state index contributed by atoms with van der Waals surface area (Å²) < 4.78 is 0. The summed E-state index contributed by atoms with van der Waals surface area (Å²) in [6, 6.07) is 16.6. The van der Waals surface area contributed by atoms with Crippen LogP contribution in [0.25, 0.3) is 0 Å². The van der Waals surface area contributed by atoms with Crippen molar-refractivity contribution in [2.24, 2.45) is 0 Å². The summed E-state index contributed by atoms with van der Waals surface area (Å²) in [6.07, 6.45) is 4.03. The number of hydrogen-bond donors (Lipinski definition) is 1. The van der Waals surface area contributed by atoms with Crippen molar-refractivity contribution in [2.75, 3.05) is 31.6 Å². The van der Waals surface area contributed by atoms with Crippen LogP contribution in [-0.2, 0) is 11.3 Å². The third-order valence-electron chi connectivity index (χ3n) is 4.73. The minimum Gasteiger partial charge on any atom is -0.370 e. The number of pyridine rings is 1. The third-order valence-corrected chi connectivity index (χ3v) is 4.73. The molecule has 2 heterocycles. The van der Waals surface area contributed by atoms with Crippen LogP contribution in [-0.4, -0.2) is 48.5 Å². The molecule has 0 aliphatic carbocycles.